The number of aliphatic hydroxyl groups is 1. The first kappa shape index (κ1) is 10.6. The van der Waals surface area contributed by atoms with E-state index in [1.165, 1.54) is 0 Å². The quantitative estimate of drug-likeness (QED) is 0.804. The number of nitrogens with two attached hydrogens (primary N) is 1. The number of benzene rings is 1. The van der Waals surface area contributed by atoms with Crippen molar-refractivity contribution in [3.8, 4) is 0 Å². The first-order valence-electron chi connectivity index (χ1n) is 5.14. The summed E-state index contributed by atoms with van der Waals surface area (Å²) in [6.07, 6.45) is -0.644. The van der Waals surface area contributed by atoms with Gasteiger partial charge in [-0.15, -0.1) is 0 Å². The highest BCUT2D eigenvalue weighted by atomic mass is 16.3. The van der Waals surface area contributed by atoms with Gasteiger partial charge in [-0.1, -0.05) is 36.4 Å². The molecule has 2 aromatic rings. The molecular formula is C13H14N2O. The Hall–Kier alpha value is -1.87. The van der Waals surface area contributed by atoms with E-state index in [9.17, 15) is 5.11 Å². The fraction of sp³-hybridized carbons (Fsp3) is 0.154. The summed E-state index contributed by atoms with van der Waals surface area (Å²) in [5, 5.41) is 10.2. The van der Waals surface area contributed by atoms with Crippen LogP contribution in [-0.4, -0.2) is 10.1 Å². The summed E-state index contributed by atoms with van der Waals surface area (Å²) in [6.45, 7) is 1.85. The van der Waals surface area contributed by atoms with Crippen molar-refractivity contribution in [3.63, 3.8) is 0 Å². The third-order valence-electron chi connectivity index (χ3n) is 2.56. The predicted molar refractivity (Wildman–Crippen MR) is 63.9 cm³/mol. The average molecular weight is 214 g/mol. The van der Waals surface area contributed by atoms with E-state index in [1.54, 1.807) is 6.07 Å². The van der Waals surface area contributed by atoms with Crippen LogP contribution in [0.25, 0.3) is 0 Å². The van der Waals surface area contributed by atoms with Crippen LogP contribution in [0.3, 0.4) is 0 Å². The van der Waals surface area contributed by atoms with Crippen molar-refractivity contribution in [2.75, 3.05) is 5.73 Å². The lowest BCUT2D eigenvalue weighted by Gasteiger charge is -2.13. The molecule has 2 rings (SSSR count). The Morgan fingerprint density at radius 1 is 1.12 bits per heavy atom. The second-order valence-electron chi connectivity index (χ2n) is 3.72. The summed E-state index contributed by atoms with van der Waals surface area (Å²) in [7, 11) is 0. The van der Waals surface area contributed by atoms with Crippen LogP contribution in [0.4, 0.5) is 5.82 Å². The molecule has 0 spiro atoms. The van der Waals surface area contributed by atoms with Crippen LogP contribution in [0, 0.1) is 6.92 Å². The third-order valence-corrected chi connectivity index (χ3v) is 2.56. The van der Waals surface area contributed by atoms with Gasteiger partial charge in [0.25, 0.3) is 0 Å². The zero-order valence-corrected chi connectivity index (χ0v) is 9.09. The summed E-state index contributed by atoms with van der Waals surface area (Å²) < 4.78 is 0. The van der Waals surface area contributed by atoms with E-state index < -0.39 is 6.10 Å². The number of hydrogen-bond acceptors (Lipinski definition) is 3. The van der Waals surface area contributed by atoms with Gasteiger partial charge in [-0.25, -0.2) is 4.98 Å². The fourth-order valence-electron chi connectivity index (χ4n) is 1.70. The van der Waals surface area contributed by atoms with Crippen molar-refractivity contribution in [2.45, 2.75) is 13.0 Å². The number of nitrogens with zero attached hydrogens (tertiary/aromatic N) is 1. The van der Waals surface area contributed by atoms with Crippen molar-refractivity contribution in [2.24, 2.45) is 0 Å². The molecule has 1 aromatic heterocycles. The van der Waals surface area contributed by atoms with Gasteiger partial charge in [-0.2, -0.15) is 0 Å². The SMILES string of the molecule is Cc1nc(N)ccc1[C@H](O)c1ccccc1. The number of hydrogen-bond donors (Lipinski definition) is 2. The Morgan fingerprint density at radius 2 is 1.81 bits per heavy atom. The first-order valence-corrected chi connectivity index (χ1v) is 5.14. The summed E-state index contributed by atoms with van der Waals surface area (Å²) >= 11 is 0. The minimum absolute atomic E-state index is 0.474. The van der Waals surface area contributed by atoms with Crippen LogP contribution < -0.4 is 5.73 Å². The highest BCUT2D eigenvalue weighted by Gasteiger charge is 2.13. The van der Waals surface area contributed by atoms with Gasteiger partial charge in [-0.05, 0) is 18.6 Å². The Bertz CT molecular complexity index is 483. The van der Waals surface area contributed by atoms with Gasteiger partial charge in [0.1, 0.15) is 11.9 Å². The highest BCUT2D eigenvalue weighted by molar-refractivity contribution is 5.38. The standard InChI is InChI=1S/C13H14N2O/c1-9-11(7-8-12(14)15-9)13(16)10-5-3-2-4-6-10/h2-8,13,16H,1H3,(H2,14,15)/t13-/m1/s1. The van der Waals surface area contributed by atoms with Crippen LogP contribution in [-0.2, 0) is 0 Å². The molecule has 0 aliphatic carbocycles. The molecule has 0 saturated carbocycles. The van der Waals surface area contributed by atoms with Gasteiger partial charge in [-0.3, -0.25) is 0 Å². The molecule has 0 saturated heterocycles. The van der Waals surface area contributed by atoms with Gasteiger partial charge in [0, 0.05) is 11.3 Å². The molecule has 0 bridgehead atoms. The number of aromatic nitrogens is 1. The Kier molecular flexibility index (Phi) is 2.88. The molecule has 82 valence electrons. The van der Waals surface area contributed by atoms with Crippen LogP contribution in [0.1, 0.15) is 22.9 Å². The van der Waals surface area contributed by atoms with E-state index in [2.05, 4.69) is 4.98 Å². The molecule has 0 fully saturated rings. The van der Waals surface area contributed by atoms with Crippen LogP contribution in [0.15, 0.2) is 42.5 Å². The highest BCUT2D eigenvalue weighted by Crippen LogP contribution is 2.23. The minimum atomic E-state index is -0.644. The fourth-order valence-corrected chi connectivity index (χ4v) is 1.70. The van der Waals surface area contributed by atoms with Crippen molar-refractivity contribution in [1.29, 1.82) is 0 Å². The molecule has 1 heterocycles. The smallest absolute Gasteiger partial charge is 0.123 e. The number of anilines is 1. The molecule has 0 aliphatic rings. The number of nitrogen functional groups attached to an aromatic ring is 1. The topological polar surface area (TPSA) is 59.1 Å². The predicted octanol–water partition coefficient (Wildman–Crippen LogP) is 2.05. The van der Waals surface area contributed by atoms with Crippen LogP contribution >= 0.6 is 0 Å². The average Bonchev–Trinajstić information content (AvgIpc) is 2.29. The van der Waals surface area contributed by atoms with E-state index >= 15 is 0 Å². The van der Waals surface area contributed by atoms with Gasteiger partial charge >= 0.3 is 0 Å². The number of aliphatic hydroxyl groups excluding tert-OH is 1. The maximum atomic E-state index is 10.2. The normalized spacial score (nSPS) is 12.4. The van der Waals surface area contributed by atoms with Crippen molar-refractivity contribution in [3.05, 3.63) is 59.3 Å². The number of rotatable bonds is 2. The molecule has 3 heteroatoms. The molecule has 1 atom stereocenters. The van der Waals surface area contributed by atoms with E-state index in [0.717, 1.165) is 16.8 Å². The summed E-state index contributed by atoms with van der Waals surface area (Å²) in [5.41, 5.74) is 7.98. The monoisotopic (exact) mass is 214 g/mol. The van der Waals surface area contributed by atoms with Crippen LogP contribution in [0.2, 0.25) is 0 Å². The van der Waals surface area contributed by atoms with Crippen molar-refractivity contribution >= 4 is 5.82 Å². The molecule has 0 unspecified atom stereocenters. The zero-order chi connectivity index (χ0) is 11.5. The van der Waals surface area contributed by atoms with Crippen LogP contribution in [0.5, 0.6) is 0 Å². The maximum absolute atomic E-state index is 10.2. The maximum Gasteiger partial charge on any atom is 0.123 e. The lowest BCUT2D eigenvalue weighted by Crippen LogP contribution is -2.04. The molecule has 16 heavy (non-hydrogen) atoms. The lowest BCUT2D eigenvalue weighted by atomic mass is 10.0. The van der Waals surface area contributed by atoms with Gasteiger partial charge < -0.3 is 10.8 Å². The number of aryl methyl sites for hydroxylation is 1. The van der Waals surface area contributed by atoms with Gasteiger partial charge in [0.2, 0.25) is 0 Å². The van der Waals surface area contributed by atoms with Crippen molar-refractivity contribution in [1.82, 2.24) is 4.98 Å². The summed E-state index contributed by atoms with van der Waals surface area (Å²) in [5.74, 6) is 0.474. The second kappa shape index (κ2) is 4.33. The second-order valence-corrected chi connectivity index (χ2v) is 3.72. The molecule has 3 nitrogen and oxygen atoms in total. The lowest BCUT2D eigenvalue weighted by molar-refractivity contribution is 0.219. The van der Waals surface area contributed by atoms with Gasteiger partial charge in [0.15, 0.2) is 0 Å². The van der Waals surface area contributed by atoms with E-state index in [-0.39, 0.29) is 0 Å². The van der Waals surface area contributed by atoms with Crippen molar-refractivity contribution < 1.29 is 5.11 Å². The minimum Gasteiger partial charge on any atom is -0.384 e. The zero-order valence-electron chi connectivity index (χ0n) is 9.09. The van der Waals surface area contributed by atoms with E-state index in [0.29, 0.717) is 5.82 Å². The molecule has 0 aliphatic heterocycles. The largest absolute Gasteiger partial charge is 0.384 e. The molecular weight excluding hydrogens is 200 g/mol. The Labute approximate surface area is 94.6 Å². The van der Waals surface area contributed by atoms with Gasteiger partial charge in [0.05, 0.1) is 0 Å². The van der Waals surface area contributed by atoms with E-state index in [4.69, 9.17) is 5.73 Å². The first-order chi connectivity index (χ1) is 7.68. The molecule has 3 N–H and O–H groups in total. The Morgan fingerprint density at radius 3 is 2.44 bits per heavy atom. The summed E-state index contributed by atoms with van der Waals surface area (Å²) in [4.78, 5) is 4.14. The summed E-state index contributed by atoms with van der Waals surface area (Å²) in [6, 6.07) is 13.0. The Balaban J connectivity index is 2.38. The third kappa shape index (κ3) is 2.04. The molecule has 1 aromatic carbocycles. The van der Waals surface area contributed by atoms with E-state index in [1.807, 2.05) is 43.3 Å². The molecule has 0 radical (unpaired) electrons. The molecule has 0 amide bonds. The number of pyridine rings is 1.